The molecule has 10 heteroatoms. The first-order valence-electron chi connectivity index (χ1n) is 8.44. The zero-order chi connectivity index (χ0) is 21.3. The summed E-state index contributed by atoms with van der Waals surface area (Å²) in [5.41, 5.74) is -2.11. The van der Waals surface area contributed by atoms with Gasteiger partial charge < -0.3 is 14.5 Å². The van der Waals surface area contributed by atoms with Gasteiger partial charge in [-0.15, -0.1) is 0 Å². The number of benzene rings is 1. The average Bonchev–Trinajstić information content (AvgIpc) is 2.66. The molecule has 7 nitrogen and oxygen atoms in total. The standard InChI is InChI=1S/C19H16F3N3O4/c1-9(29-12-6-4-11(5-7-12)18(27)28-3)13-8-14-16(23-10(2)24-17(14)26)25-15(13)19(20,21)22/h4-9H,1-3H3,(H,23,24,25,26)/t9-/m0/s1. The monoisotopic (exact) mass is 407 g/mol. The molecule has 2 aromatic heterocycles. The topological polar surface area (TPSA) is 94.2 Å². The van der Waals surface area contributed by atoms with Crippen LogP contribution in [-0.4, -0.2) is 28.0 Å². The Morgan fingerprint density at radius 1 is 1.17 bits per heavy atom. The quantitative estimate of drug-likeness (QED) is 0.665. The summed E-state index contributed by atoms with van der Waals surface area (Å²) in [6.45, 7) is 2.86. The van der Waals surface area contributed by atoms with Gasteiger partial charge in [-0.05, 0) is 44.2 Å². The molecule has 0 spiro atoms. The van der Waals surface area contributed by atoms with Crippen LogP contribution in [0.2, 0.25) is 0 Å². The van der Waals surface area contributed by atoms with Crippen LogP contribution in [0.4, 0.5) is 13.2 Å². The molecule has 0 bridgehead atoms. The smallest absolute Gasteiger partial charge is 0.433 e. The van der Waals surface area contributed by atoms with Crippen molar-refractivity contribution in [2.24, 2.45) is 0 Å². The van der Waals surface area contributed by atoms with Crippen molar-refractivity contribution in [3.63, 3.8) is 0 Å². The second kappa shape index (κ2) is 7.53. The van der Waals surface area contributed by atoms with Gasteiger partial charge in [-0.3, -0.25) is 4.79 Å². The van der Waals surface area contributed by atoms with Gasteiger partial charge in [-0.1, -0.05) is 0 Å². The second-order valence-corrected chi connectivity index (χ2v) is 6.22. The van der Waals surface area contributed by atoms with Gasteiger partial charge in [0.25, 0.3) is 5.56 Å². The van der Waals surface area contributed by atoms with Crippen LogP contribution in [0.1, 0.15) is 40.5 Å². The number of methoxy groups -OCH3 is 1. The predicted molar refractivity (Wildman–Crippen MR) is 96.7 cm³/mol. The maximum atomic E-state index is 13.6. The molecule has 1 aromatic carbocycles. The second-order valence-electron chi connectivity index (χ2n) is 6.22. The molecule has 0 saturated heterocycles. The molecule has 0 aliphatic rings. The number of H-pyrrole nitrogens is 1. The summed E-state index contributed by atoms with van der Waals surface area (Å²) in [6.07, 6.45) is -5.86. The fourth-order valence-corrected chi connectivity index (χ4v) is 2.78. The molecule has 3 rings (SSSR count). The highest BCUT2D eigenvalue weighted by Gasteiger charge is 2.38. The van der Waals surface area contributed by atoms with E-state index in [-0.39, 0.29) is 33.7 Å². The van der Waals surface area contributed by atoms with Crippen molar-refractivity contribution in [2.75, 3.05) is 7.11 Å². The number of alkyl halides is 3. The van der Waals surface area contributed by atoms with E-state index < -0.39 is 29.5 Å². The van der Waals surface area contributed by atoms with Gasteiger partial charge in [0.15, 0.2) is 11.3 Å². The first-order valence-corrected chi connectivity index (χ1v) is 8.44. The fraction of sp³-hybridized carbons (Fsp3) is 0.263. The van der Waals surface area contributed by atoms with Crippen molar-refractivity contribution in [2.45, 2.75) is 26.1 Å². The van der Waals surface area contributed by atoms with E-state index in [1.165, 1.54) is 45.2 Å². The summed E-state index contributed by atoms with van der Waals surface area (Å²) in [5, 5.41) is -0.0740. The highest BCUT2D eigenvalue weighted by Crippen LogP contribution is 2.35. The molecule has 0 aliphatic heterocycles. The minimum Gasteiger partial charge on any atom is -0.486 e. The number of halogens is 3. The van der Waals surface area contributed by atoms with Gasteiger partial charge in [-0.25, -0.2) is 14.8 Å². The van der Waals surface area contributed by atoms with E-state index in [1.54, 1.807) is 0 Å². The lowest BCUT2D eigenvalue weighted by molar-refractivity contribution is -0.142. The van der Waals surface area contributed by atoms with E-state index in [0.717, 1.165) is 6.07 Å². The van der Waals surface area contributed by atoms with Gasteiger partial charge in [0.1, 0.15) is 17.7 Å². The van der Waals surface area contributed by atoms with E-state index in [0.29, 0.717) is 0 Å². The molecule has 0 aliphatic carbocycles. The predicted octanol–water partition coefficient (Wildman–Crippen LogP) is 3.57. The number of hydrogen-bond acceptors (Lipinski definition) is 6. The lowest BCUT2D eigenvalue weighted by atomic mass is 10.1. The van der Waals surface area contributed by atoms with Crippen LogP contribution in [0.3, 0.4) is 0 Å². The van der Waals surface area contributed by atoms with E-state index in [9.17, 15) is 22.8 Å². The summed E-state index contributed by atoms with van der Waals surface area (Å²) in [5.74, 6) is -0.162. The van der Waals surface area contributed by atoms with Crippen LogP contribution < -0.4 is 10.3 Å². The minimum atomic E-state index is -4.77. The SMILES string of the molecule is COC(=O)c1ccc(O[C@@H](C)c2cc3c(=O)[nH]c(C)nc3nc2C(F)(F)F)cc1. The van der Waals surface area contributed by atoms with Crippen LogP contribution in [0.5, 0.6) is 5.75 Å². The Labute approximate surface area is 162 Å². The molecule has 29 heavy (non-hydrogen) atoms. The number of ether oxygens (including phenoxy) is 2. The van der Waals surface area contributed by atoms with Crippen molar-refractivity contribution < 1.29 is 27.4 Å². The number of fused-ring (bicyclic) bond motifs is 1. The van der Waals surface area contributed by atoms with Crippen molar-refractivity contribution >= 4 is 17.0 Å². The molecule has 0 unspecified atom stereocenters. The van der Waals surface area contributed by atoms with Crippen molar-refractivity contribution in [1.29, 1.82) is 0 Å². The maximum Gasteiger partial charge on any atom is 0.433 e. The Bertz CT molecular complexity index is 1120. The van der Waals surface area contributed by atoms with E-state index in [1.807, 2.05) is 0 Å². The Hall–Kier alpha value is -3.43. The van der Waals surface area contributed by atoms with Gasteiger partial charge in [0.05, 0.1) is 18.1 Å². The van der Waals surface area contributed by atoms with Crippen LogP contribution >= 0.6 is 0 Å². The van der Waals surface area contributed by atoms with Crippen molar-refractivity contribution in [3.8, 4) is 5.75 Å². The molecule has 2 heterocycles. The van der Waals surface area contributed by atoms with Crippen molar-refractivity contribution in [3.05, 3.63) is 63.3 Å². The van der Waals surface area contributed by atoms with Crippen LogP contribution in [0.15, 0.2) is 35.1 Å². The van der Waals surface area contributed by atoms with Crippen LogP contribution in [0.25, 0.3) is 11.0 Å². The number of carbonyl (C=O) groups excluding carboxylic acids is 1. The fourth-order valence-electron chi connectivity index (χ4n) is 2.78. The number of aryl methyl sites for hydroxylation is 1. The lowest BCUT2D eigenvalue weighted by Gasteiger charge is -2.19. The molecule has 152 valence electrons. The Morgan fingerprint density at radius 3 is 2.41 bits per heavy atom. The normalized spacial score (nSPS) is 12.6. The summed E-state index contributed by atoms with van der Waals surface area (Å²) in [6, 6.07) is 6.80. The van der Waals surface area contributed by atoms with E-state index in [4.69, 9.17) is 4.74 Å². The highest BCUT2D eigenvalue weighted by molar-refractivity contribution is 5.89. The third-order valence-corrected chi connectivity index (χ3v) is 4.14. The first kappa shape index (κ1) is 20.3. The Kier molecular flexibility index (Phi) is 5.27. The number of nitrogens with zero attached hydrogens (tertiary/aromatic N) is 2. The number of aromatic nitrogens is 3. The Morgan fingerprint density at radius 2 is 1.83 bits per heavy atom. The van der Waals surface area contributed by atoms with Gasteiger partial charge in [-0.2, -0.15) is 13.2 Å². The van der Waals surface area contributed by atoms with Gasteiger partial charge in [0, 0.05) is 5.56 Å². The maximum absolute atomic E-state index is 13.6. The van der Waals surface area contributed by atoms with Crippen molar-refractivity contribution in [1.82, 2.24) is 15.0 Å². The first-order chi connectivity index (χ1) is 13.6. The molecule has 0 radical (unpaired) electrons. The molecular weight excluding hydrogens is 391 g/mol. The molecule has 1 atom stereocenters. The lowest BCUT2D eigenvalue weighted by Crippen LogP contribution is -2.19. The summed E-state index contributed by atoms with van der Waals surface area (Å²) in [4.78, 5) is 33.5. The number of rotatable bonds is 4. The van der Waals surface area contributed by atoms with E-state index in [2.05, 4.69) is 19.7 Å². The van der Waals surface area contributed by atoms with Gasteiger partial charge >= 0.3 is 12.1 Å². The number of pyridine rings is 1. The molecule has 0 saturated carbocycles. The highest BCUT2D eigenvalue weighted by atomic mass is 19.4. The molecular formula is C19H16F3N3O4. The third kappa shape index (κ3) is 4.20. The Balaban J connectivity index is 2.03. The van der Waals surface area contributed by atoms with E-state index >= 15 is 0 Å². The number of carbonyl (C=O) groups is 1. The van der Waals surface area contributed by atoms with Crippen LogP contribution in [-0.2, 0) is 10.9 Å². The number of nitrogens with one attached hydrogen (secondary N) is 1. The zero-order valence-corrected chi connectivity index (χ0v) is 15.6. The summed E-state index contributed by atoms with van der Waals surface area (Å²) < 4.78 is 50.9. The molecule has 0 amide bonds. The third-order valence-electron chi connectivity index (χ3n) is 4.14. The average molecular weight is 407 g/mol. The summed E-state index contributed by atoms with van der Waals surface area (Å²) in [7, 11) is 1.23. The molecule has 0 fully saturated rings. The molecule has 3 aromatic rings. The van der Waals surface area contributed by atoms with Crippen LogP contribution in [0, 0.1) is 6.92 Å². The zero-order valence-electron chi connectivity index (χ0n) is 15.6. The minimum absolute atomic E-state index is 0.0740. The number of esters is 1. The largest absolute Gasteiger partial charge is 0.486 e. The number of hydrogen-bond donors (Lipinski definition) is 1. The number of aromatic amines is 1. The summed E-state index contributed by atoms with van der Waals surface area (Å²) >= 11 is 0. The molecule has 1 N–H and O–H groups in total. The van der Waals surface area contributed by atoms with Gasteiger partial charge in [0.2, 0.25) is 0 Å².